The molecule has 1 fully saturated rings. The van der Waals surface area contributed by atoms with Crippen molar-refractivity contribution in [2.75, 3.05) is 43.2 Å². The van der Waals surface area contributed by atoms with Crippen molar-refractivity contribution in [2.45, 2.75) is 0 Å². The Balaban J connectivity index is 1.45. The van der Waals surface area contributed by atoms with Gasteiger partial charge in [-0.15, -0.1) is 0 Å². The van der Waals surface area contributed by atoms with Gasteiger partial charge >= 0.3 is 11.9 Å². The maximum absolute atomic E-state index is 12.9. The van der Waals surface area contributed by atoms with Crippen LogP contribution in [0, 0.1) is 5.82 Å². The number of carbonyl (C=O) groups is 3. The molecule has 1 N–H and O–H groups in total. The van der Waals surface area contributed by atoms with Gasteiger partial charge in [-0.3, -0.25) is 19.4 Å². The molecule has 2 aliphatic rings. The van der Waals surface area contributed by atoms with Crippen molar-refractivity contribution < 1.29 is 23.5 Å². The molecule has 0 aromatic heterocycles. The van der Waals surface area contributed by atoms with Crippen molar-refractivity contribution in [1.82, 2.24) is 4.90 Å². The minimum atomic E-state index is -0.652. The highest BCUT2D eigenvalue weighted by Crippen LogP contribution is 2.31. The van der Waals surface area contributed by atoms with Gasteiger partial charge in [0, 0.05) is 25.0 Å². The first kappa shape index (κ1) is 19.9. The van der Waals surface area contributed by atoms with E-state index in [1.165, 1.54) is 41.4 Å². The number of Topliss-reactive ketones (excluding diaryl/α,β-unsaturated/α-hetero) is 1. The minimum absolute atomic E-state index is 0.244. The van der Waals surface area contributed by atoms with Gasteiger partial charge in [-0.25, -0.2) is 14.2 Å². The summed E-state index contributed by atoms with van der Waals surface area (Å²) in [6, 6.07) is 9.60. The van der Waals surface area contributed by atoms with Gasteiger partial charge in [0.15, 0.2) is 0 Å². The number of hydrogen-bond donors (Lipinski definition) is 1. The van der Waals surface area contributed by atoms with E-state index >= 15 is 0 Å². The van der Waals surface area contributed by atoms with Crippen molar-refractivity contribution in [2.24, 2.45) is 4.99 Å². The van der Waals surface area contributed by atoms with Crippen LogP contribution in [0.5, 0.6) is 0 Å². The number of morpholine rings is 1. The van der Waals surface area contributed by atoms with Gasteiger partial charge in [0.25, 0.3) is 5.78 Å². The average Bonchev–Trinajstić information content (AvgIpc) is 2.99. The summed E-state index contributed by atoms with van der Waals surface area (Å²) in [5.41, 5.74) is 1.68. The van der Waals surface area contributed by atoms with E-state index in [0.717, 1.165) is 0 Å². The fraction of sp³-hybridized carbons (Fsp3) is 0.238. The van der Waals surface area contributed by atoms with Gasteiger partial charge < -0.3 is 10.1 Å². The lowest BCUT2D eigenvalue weighted by Gasteiger charge is -2.30. The first-order valence-electron chi connectivity index (χ1n) is 9.42. The van der Waals surface area contributed by atoms with Crippen molar-refractivity contribution in [1.29, 1.82) is 0 Å². The van der Waals surface area contributed by atoms with Crippen LogP contribution in [0.15, 0.2) is 47.5 Å². The smallest absolute Gasteiger partial charge is 0.345 e. The number of fused-ring (bicyclic) bond motifs is 1. The van der Waals surface area contributed by atoms with Crippen LogP contribution in [0.3, 0.4) is 0 Å². The Labute approximate surface area is 171 Å². The molecule has 1 saturated heterocycles. The molecule has 0 radical (unpaired) electrons. The summed E-state index contributed by atoms with van der Waals surface area (Å²) in [6.45, 7) is 2.87. The summed E-state index contributed by atoms with van der Waals surface area (Å²) >= 11 is 0. The number of ether oxygens (including phenoxy) is 1. The lowest BCUT2D eigenvalue weighted by Crippen LogP contribution is -2.45. The number of ketones is 1. The number of benzene rings is 2. The van der Waals surface area contributed by atoms with Crippen molar-refractivity contribution in [3.05, 3.63) is 59.4 Å². The SMILES string of the molecule is O=C(N=Cc1ccc(F)cc1)Nc1ccc2c(c1)C(=O)C(=O)N2CN1CCOCC1. The van der Waals surface area contributed by atoms with E-state index in [4.69, 9.17) is 4.74 Å². The molecule has 4 rings (SSSR count). The Morgan fingerprint density at radius 3 is 2.60 bits per heavy atom. The maximum Gasteiger partial charge on any atom is 0.345 e. The zero-order chi connectivity index (χ0) is 21.1. The van der Waals surface area contributed by atoms with Crippen molar-refractivity contribution in [3.8, 4) is 0 Å². The maximum atomic E-state index is 12.9. The molecule has 0 unspecified atom stereocenters. The first-order valence-corrected chi connectivity index (χ1v) is 9.42. The molecule has 3 amide bonds. The van der Waals surface area contributed by atoms with E-state index < -0.39 is 17.7 Å². The Kier molecular flexibility index (Phi) is 5.64. The van der Waals surface area contributed by atoms with E-state index in [1.54, 1.807) is 12.1 Å². The van der Waals surface area contributed by atoms with Crippen LogP contribution < -0.4 is 10.2 Å². The molecule has 0 spiro atoms. The second-order valence-electron chi connectivity index (χ2n) is 6.91. The van der Waals surface area contributed by atoms with Crippen LogP contribution in [-0.2, 0) is 9.53 Å². The van der Waals surface area contributed by atoms with Gasteiger partial charge in [-0.2, -0.15) is 0 Å². The van der Waals surface area contributed by atoms with Crippen LogP contribution in [0.4, 0.5) is 20.6 Å². The highest BCUT2D eigenvalue weighted by Gasteiger charge is 2.37. The molecule has 154 valence electrons. The third kappa shape index (κ3) is 4.27. The number of anilines is 2. The molecule has 2 heterocycles. The molecule has 2 aromatic carbocycles. The number of amides is 3. The third-order valence-corrected chi connectivity index (χ3v) is 4.87. The minimum Gasteiger partial charge on any atom is -0.379 e. The van der Waals surface area contributed by atoms with Crippen LogP contribution >= 0.6 is 0 Å². The Morgan fingerprint density at radius 2 is 1.87 bits per heavy atom. The molecule has 0 bridgehead atoms. The number of halogens is 1. The summed E-state index contributed by atoms with van der Waals surface area (Å²) in [7, 11) is 0. The lowest BCUT2D eigenvalue weighted by atomic mass is 10.1. The Hall–Kier alpha value is -3.43. The Bertz CT molecular complexity index is 1020. The van der Waals surface area contributed by atoms with E-state index in [-0.39, 0.29) is 11.4 Å². The van der Waals surface area contributed by atoms with Gasteiger partial charge in [0.2, 0.25) is 0 Å². The summed E-state index contributed by atoms with van der Waals surface area (Å²) in [5.74, 6) is -1.57. The highest BCUT2D eigenvalue weighted by molar-refractivity contribution is 6.52. The molecule has 2 aliphatic heterocycles. The number of hydrogen-bond acceptors (Lipinski definition) is 5. The number of urea groups is 1. The standard InChI is InChI=1S/C21H19FN4O4/c22-15-3-1-14(2-4-15)12-23-21(29)24-16-5-6-18-17(11-16)19(27)20(28)26(18)13-25-7-9-30-10-8-25/h1-6,11-12H,7-10,13H2,(H,24,29). The van der Waals surface area contributed by atoms with E-state index in [9.17, 15) is 18.8 Å². The zero-order valence-corrected chi connectivity index (χ0v) is 16.0. The number of aliphatic imine (C=N–C) groups is 1. The molecular weight excluding hydrogens is 391 g/mol. The van der Waals surface area contributed by atoms with Crippen LogP contribution in [0.25, 0.3) is 0 Å². The second-order valence-corrected chi connectivity index (χ2v) is 6.91. The van der Waals surface area contributed by atoms with E-state index in [1.807, 2.05) is 4.90 Å². The van der Waals surface area contributed by atoms with Crippen molar-refractivity contribution in [3.63, 3.8) is 0 Å². The van der Waals surface area contributed by atoms with Gasteiger partial charge in [-0.05, 0) is 35.9 Å². The summed E-state index contributed by atoms with van der Waals surface area (Å²) in [5, 5.41) is 2.56. The van der Waals surface area contributed by atoms with E-state index in [0.29, 0.717) is 49.9 Å². The molecule has 0 saturated carbocycles. The van der Waals surface area contributed by atoms with Crippen molar-refractivity contribution >= 4 is 35.3 Å². The molecule has 30 heavy (non-hydrogen) atoms. The Morgan fingerprint density at radius 1 is 1.13 bits per heavy atom. The summed E-state index contributed by atoms with van der Waals surface area (Å²) < 4.78 is 18.2. The predicted molar refractivity (Wildman–Crippen MR) is 109 cm³/mol. The summed E-state index contributed by atoms with van der Waals surface area (Å²) in [6.07, 6.45) is 1.31. The molecule has 8 nitrogen and oxygen atoms in total. The predicted octanol–water partition coefficient (Wildman–Crippen LogP) is 2.30. The molecule has 2 aromatic rings. The zero-order valence-electron chi connectivity index (χ0n) is 16.0. The number of carbonyl (C=O) groups excluding carboxylic acids is 3. The first-order chi connectivity index (χ1) is 14.5. The molecule has 0 atom stereocenters. The van der Waals surface area contributed by atoms with Crippen LogP contribution in [0.1, 0.15) is 15.9 Å². The third-order valence-electron chi connectivity index (χ3n) is 4.87. The topological polar surface area (TPSA) is 91.3 Å². The highest BCUT2D eigenvalue weighted by atomic mass is 19.1. The fourth-order valence-electron chi connectivity index (χ4n) is 3.30. The average molecular weight is 410 g/mol. The molecule has 9 heteroatoms. The van der Waals surface area contributed by atoms with Crippen LogP contribution in [-0.4, -0.2) is 61.8 Å². The largest absolute Gasteiger partial charge is 0.379 e. The normalized spacial score (nSPS) is 16.9. The van der Waals surface area contributed by atoms with Gasteiger partial charge in [0.1, 0.15) is 5.82 Å². The molecule has 0 aliphatic carbocycles. The van der Waals surface area contributed by atoms with Crippen LogP contribution in [0.2, 0.25) is 0 Å². The monoisotopic (exact) mass is 410 g/mol. The van der Waals surface area contributed by atoms with Gasteiger partial charge in [-0.1, -0.05) is 12.1 Å². The number of rotatable bonds is 4. The quantitative estimate of drug-likeness (QED) is 0.617. The summed E-state index contributed by atoms with van der Waals surface area (Å²) in [4.78, 5) is 44.2. The number of nitrogens with one attached hydrogen (secondary N) is 1. The second kappa shape index (κ2) is 8.52. The fourth-order valence-corrected chi connectivity index (χ4v) is 3.30. The lowest BCUT2D eigenvalue weighted by molar-refractivity contribution is -0.114. The van der Waals surface area contributed by atoms with E-state index in [2.05, 4.69) is 10.3 Å². The van der Waals surface area contributed by atoms with Gasteiger partial charge in [0.05, 0.1) is 31.1 Å². The molecular formula is C21H19FN4O4. The number of nitrogens with zero attached hydrogens (tertiary/aromatic N) is 3.